The molecule has 0 bridgehead atoms. The number of carbonyl (C=O) groups is 2. The highest BCUT2D eigenvalue weighted by molar-refractivity contribution is 6.30. The zero-order valence-electron chi connectivity index (χ0n) is 15.4. The van der Waals surface area contributed by atoms with Crippen LogP contribution in [0.2, 0.25) is 5.02 Å². The average molecular weight is 451 g/mol. The summed E-state index contributed by atoms with van der Waals surface area (Å²) < 4.78 is -0.204. The lowest BCUT2D eigenvalue weighted by molar-refractivity contribution is -0.871. The van der Waals surface area contributed by atoms with Gasteiger partial charge in [-0.05, 0) is 67.7 Å². The van der Waals surface area contributed by atoms with Crippen LogP contribution in [0.1, 0.15) is 47.1 Å². The molecule has 8 heteroatoms. The van der Waals surface area contributed by atoms with Crippen molar-refractivity contribution in [3.05, 3.63) is 70.2 Å². The second kappa shape index (κ2) is 8.80. The summed E-state index contributed by atoms with van der Waals surface area (Å²) in [5.74, 6) is -1.09. The van der Waals surface area contributed by atoms with Crippen molar-refractivity contribution in [2.45, 2.75) is 33.2 Å². The Morgan fingerprint density at radius 1 is 1.00 bits per heavy atom. The Kier molecular flexibility index (Phi) is 7.74. The first kappa shape index (κ1) is 23.7. The molecule has 1 unspecified atom stereocenters. The van der Waals surface area contributed by atoms with E-state index in [1.807, 2.05) is 6.07 Å². The summed E-state index contributed by atoms with van der Waals surface area (Å²) >= 11 is 19.0. The maximum Gasteiger partial charge on any atom is 0.390 e. The topological polar surface area (TPSA) is 37.4 Å². The monoisotopic (exact) mass is 449 g/mol. The number of carbonyl (C=O) groups excluding carboxylic acids is 2. The van der Waals surface area contributed by atoms with Gasteiger partial charge in [0.2, 0.25) is 11.8 Å². The van der Waals surface area contributed by atoms with E-state index in [4.69, 9.17) is 35.2 Å². The van der Waals surface area contributed by atoms with E-state index >= 15 is 0 Å². The highest BCUT2D eigenvalue weighted by Crippen LogP contribution is 2.37. The standard InChI is InChI=1S/C19H20Cl3N2O2.ClH/c1-13-7-5-6-8-16(13)17(25)23(21)24(22,19(2,3)4)18(26)14-9-11-15(20)12-10-14;/h5-12H,1-4H3;1H/q+1;. The molecular formula is C19H21Cl4N2O2+. The predicted molar refractivity (Wildman–Crippen MR) is 112 cm³/mol. The molecule has 2 rings (SSSR count). The van der Waals surface area contributed by atoms with Gasteiger partial charge in [-0.15, -0.1) is 12.4 Å². The minimum atomic E-state index is -0.955. The molecule has 0 saturated carbocycles. The Morgan fingerprint density at radius 3 is 2.00 bits per heavy atom. The largest absolute Gasteiger partial charge is 0.390 e. The molecule has 4 nitrogen and oxygen atoms in total. The summed E-state index contributed by atoms with van der Waals surface area (Å²) in [7, 11) is 0. The van der Waals surface area contributed by atoms with Crippen molar-refractivity contribution in [3.8, 4) is 0 Å². The van der Waals surface area contributed by atoms with E-state index in [0.29, 0.717) is 16.1 Å². The summed E-state index contributed by atoms with van der Waals surface area (Å²) in [4.78, 5) is 26.2. The van der Waals surface area contributed by atoms with Crippen LogP contribution in [-0.4, -0.2) is 26.0 Å². The fourth-order valence-electron chi connectivity index (χ4n) is 2.45. The number of nitrogens with zero attached hydrogens (tertiary/aromatic N) is 2. The first-order chi connectivity index (χ1) is 12.0. The highest BCUT2D eigenvalue weighted by Gasteiger charge is 2.56. The van der Waals surface area contributed by atoms with Crippen molar-refractivity contribution < 1.29 is 13.7 Å². The van der Waals surface area contributed by atoms with Crippen LogP contribution in [0, 0.1) is 6.92 Å². The third kappa shape index (κ3) is 4.58. The zero-order valence-corrected chi connectivity index (χ0v) is 18.5. The van der Waals surface area contributed by atoms with Gasteiger partial charge in [0.05, 0.1) is 17.3 Å². The lowest BCUT2D eigenvalue weighted by Crippen LogP contribution is -2.64. The van der Waals surface area contributed by atoms with E-state index in [2.05, 4.69) is 0 Å². The molecule has 0 aliphatic heterocycles. The number of hydrogen-bond donors (Lipinski definition) is 0. The van der Waals surface area contributed by atoms with E-state index < -0.39 is 21.5 Å². The molecule has 2 aromatic rings. The van der Waals surface area contributed by atoms with Crippen molar-refractivity contribution >= 4 is 59.4 Å². The number of aryl methyl sites for hydroxylation is 1. The van der Waals surface area contributed by atoms with Crippen molar-refractivity contribution in [1.29, 1.82) is 0 Å². The summed E-state index contributed by atoms with van der Waals surface area (Å²) in [6.07, 6.45) is 0. The molecule has 0 fully saturated rings. The van der Waals surface area contributed by atoms with Gasteiger partial charge in [-0.25, -0.2) is 4.79 Å². The Labute approximate surface area is 180 Å². The summed E-state index contributed by atoms with van der Waals surface area (Å²) in [5.41, 5.74) is 0.499. The third-order valence-electron chi connectivity index (χ3n) is 4.03. The lowest BCUT2D eigenvalue weighted by atomic mass is 10.1. The molecule has 0 saturated heterocycles. The average Bonchev–Trinajstić information content (AvgIpc) is 2.59. The molecular weight excluding hydrogens is 430 g/mol. The summed E-state index contributed by atoms with van der Waals surface area (Å²) in [6, 6.07) is 13.2. The second-order valence-corrected chi connectivity index (χ2v) is 8.17. The van der Waals surface area contributed by atoms with Gasteiger partial charge < -0.3 is 0 Å². The quantitative estimate of drug-likeness (QED) is 0.404. The van der Waals surface area contributed by atoms with E-state index in [9.17, 15) is 9.59 Å². The predicted octanol–water partition coefficient (Wildman–Crippen LogP) is 6.19. The van der Waals surface area contributed by atoms with Crippen molar-refractivity contribution in [3.63, 3.8) is 0 Å². The molecule has 27 heavy (non-hydrogen) atoms. The fourth-order valence-corrected chi connectivity index (χ4v) is 3.13. The van der Waals surface area contributed by atoms with Crippen molar-refractivity contribution in [1.82, 2.24) is 4.53 Å². The van der Waals surface area contributed by atoms with Crippen molar-refractivity contribution in [2.75, 3.05) is 0 Å². The van der Waals surface area contributed by atoms with Crippen LogP contribution in [0.15, 0.2) is 48.5 Å². The Balaban J connectivity index is 0.00000364. The SMILES string of the molecule is Cc1ccccc1C(=O)N(Cl)[N+](Cl)(C(=O)c1ccc(Cl)cc1)C(C)(C)C.Cl. The van der Waals surface area contributed by atoms with Crippen LogP contribution in [0.4, 0.5) is 0 Å². The maximum absolute atomic E-state index is 13.2. The Hall–Kier alpha value is -1.30. The number of quaternary nitrogens is 1. The minimum absolute atomic E-state index is 0. The van der Waals surface area contributed by atoms with E-state index in [-0.39, 0.29) is 12.4 Å². The summed E-state index contributed by atoms with van der Waals surface area (Å²) in [6.45, 7) is 6.98. The van der Waals surface area contributed by atoms with Gasteiger partial charge in [-0.3, -0.25) is 4.79 Å². The van der Waals surface area contributed by atoms with Gasteiger partial charge in [0, 0.05) is 10.6 Å². The second-order valence-electron chi connectivity index (χ2n) is 6.92. The smallest absolute Gasteiger partial charge is 0.262 e. The van der Waals surface area contributed by atoms with Crippen LogP contribution in [0.5, 0.6) is 0 Å². The Morgan fingerprint density at radius 2 is 1.52 bits per heavy atom. The first-order valence-electron chi connectivity index (χ1n) is 7.95. The van der Waals surface area contributed by atoms with Crippen molar-refractivity contribution in [2.24, 2.45) is 0 Å². The van der Waals surface area contributed by atoms with E-state index in [1.54, 1.807) is 70.2 Å². The molecule has 1 atom stereocenters. The minimum Gasteiger partial charge on any atom is -0.262 e. The van der Waals surface area contributed by atoms with E-state index in [1.165, 1.54) is 0 Å². The molecule has 0 spiro atoms. The number of halogens is 4. The molecule has 2 aromatic carbocycles. The summed E-state index contributed by atoms with van der Waals surface area (Å²) in [5, 5.41) is 0.490. The molecule has 0 heterocycles. The van der Waals surface area contributed by atoms with Crippen LogP contribution >= 0.6 is 47.6 Å². The first-order valence-corrected chi connectivity index (χ1v) is 9.01. The van der Waals surface area contributed by atoms with Crippen LogP contribution in [-0.2, 0) is 0 Å². The van der Waals surface area contributed by atoms with Gasteiger partial charge in [-0.1, -0.05) is 34.3 Å². The number of amides is 2. The molecule has 0 radical (unpaired) electrons. The Bertz CT molecular complexity index is 834. The molecule has 146 valence electrons. The van der Waals surface area contributed by atoms with E-state index in [0.717, 1.165) is 10.1 Å². The third-order valence-corrected chi connectivity index (χ3v) is 5.56. The van der Waals surface area contributed by atoms with Crippen LogP contribution in [0.25, 0.3) is 0 Å². The zero-order chi connectivity index (χ0) is 19.7. The highest BCUT2D eigenvalue weighted by atomic mass is 35.5. The van der Waals surface area contributed by atoms with Gasteiger partial charge in [0.1, 0.15) is 5.54 Å². The van der Waals surface area contributed by atoms with Gasteiger partial charge in [0.25, 0.3) is 0 Å². The number of rotatable bonds is 2. The van der Waals surface area contributed by atoms with Gasteiger partial charge >= 0.3 is 11.8 Å². The van der Waals surface area contributed by atoms with Gasteiger partial charge in [0.15, 0.2) is 0 Å². The number of hydrogen-bond acceptors (Lipinski definition) is 2. The van der Waals surface area contributed by atoms with Crippen LogP contribution < -0.4 is 0 Å². The lowest BCUT2D eigenvalue weighted by Gasteiger charge is -2.40. The van der Waals surface area contributed by atoms with Gasteiger partial charge in [-0.2, -0.15) is 0 Å². The van der Waals surface area contributed by atoms with Crippen LogP contribution in [0.3, 0.4) is 0 Å². The molecule has 0 aliphatic carbocycles. The molecule has 0 aromatic heterocycles. The maximum atomic E-state index is 13.2. The molecule has 2 amide bonds. The molecule has 0 N–H and O–H groups in total. The fraction of sp³-hybridized carbons (Fsp3) is 0.263. The molecule has 0 aliphatic rings. The number of benzene rings is 2. The normalized spacial score (nSPS) is 13.3.